The fourth-order valence-corrected chi connectivity index (χ4v) is 8.74. The van der Waals surface area contributed by atoms with Crippen molar-refractivity contribution in [1.29, 1.82) is 5.26 Å². The summed E-state index contributed by atoms with van der Waals surface area (Å²) >= 11 is 0. The molecule has 0 saturated carbocycles. The van der Waals surface area contributed by atoms with Crippen LogP contribution in [0, 0.1) is 17.1 Å². The van der Waals surface area contributed by atoms with Crippen molar-refractivity contribution in [3.63, 3.8) is 0 Å². The van der Waals surface area contributed by atoms with Crippen LogP contribution in [-0.4, -0.2) is 44.2 Å². The van der Waals surface area contributed by atoms with Gasteiger partial charge in [0.05, 0.1) is 29.0 Å². The number of sulfone groups is 1. The largest absolute Gasteiger partial charge is 0.435 e. The van der Waals surface area contributed by atoms with E-state index in [4.69, 9.17) is 5.26 Å². The average Bonchev–Trinajstić information content (AvgIpc) is 3.37. The second kappa shape index (κ2) is 10.6. The molecule has 2 aliphatic rings. The predicted octanol–water partition coefficient (Wildman–Crippen LogP) is 6.45. The van der Waals surface area contributed by atoms with Crippen molar-refractivity contribution < 1.29 is 48.3 Å². The highest BCUT2D eigenvalue weighted by Gasteiger charge is 2.73. The highest BCUT2D eigenvalue weighted by atomic mass is 32.2. The lowest BCUT2D eigenvalue weighted by Gasteiger charge is -2.43. The third-order valence-corrected chi connectivity index (χ3v) is 10.9. The minimum Gasteiger partial charge on any atom is -0.337 e. The summed E-state index contributed by atoms with van der Waals surface area (Å²) < 4.78 is 137. The van der Waals surface area contributed by atoms with Crippen molar-refractivity contribution in [2.75, 3.05) is 6.54 Å². The number of rotatable bonds is 5. The zero-order chi connectivity index (χ0) is 32.3. The number of benzene rings is 3. The molecule has 1 aliphatic carbocycles. The maximum atomic E-state index is 15.0. The van der Waals surface area contributed by atoms with E-state index in [9.17, 15) is 48.3 Å². The lowest BCUT2D eigenvalue weighted by molar-refractivity contribution is -0.348. The summed E-state index contributed by atoms with van der Waals surface area (Å²) in [6.07, 6.45) is -13.7. The van der Waals surface area contributed by atoms with Gasteiger partial charge in [-0.25, -0.2) is 17.2 Å². The maximum absolute atomic E-state index is 15.0. The van der Waals surface area contributed by atoms with Crippen molar-refractivity contribution in [3.05, 3.63) is 100 Å². The van der Waals surface area contributed by atoms with Gasteiger partial charge in [-0.2, -0.15) is 31.6 Å². The first kappa shape index (κ1) is 31.4. The van der Waals surface area contributed by atoms with Crippen LogP contribution in [0.15, 0.2) is 71.6 Å². The number of fused-ring (bicyclic) bond motifs is 3. The summed E-state index contributed by atoms with van der Waals surface area (Å²) in [5.41, 5.74) is -7.05. The number of hydrogen-bond acceptors (Lipinski definition) is 4. The quantitative estimate of drug-likeness (QED) is 0.300. The van der Waals surface area contributed by atoms with Gasteiger partial charge in [-0.05, 0) is 66.3 Å². The van der Waals surface area contributed by atoms with E-state index in [0.717, 1.165) is 30.3 Å². The van der Waals surface area contributed by atoms with E-state index in [2.05, 4.69) is 0 Å². The molecular weight excluding hydrogens is 620 g/mol. The number of hydrogen-bond donors (Lipinski definition) is 0. The van der Waals surface area contributed by atoms with Crippen LogP contribution >= 0.6 is 0 Å². The molecule has 1 fully saturated rings. The first-order valence-corrected chi connectivity index (χ1v) is 14.7. The van der Waals surface area contributed by atoms with Crippen molar-refractivity contribution in [2.24, 2.45) is 0 Å². The summed E-state index contributed by atoms with van der Waals surface area (Å²) in [6, 6.07) is 12.3. The number of carbonyl (C=O) groups is 1. The molecular formula is C30H22F8N2O3S. The van der Waals surface area contributed by atoms with E-state index in [0.29, 0.717) is 17.2 Å². The zero-order valence-electron chi connectivity index (χ0n) is 22.5. The van der Waals surface area contributed by atoms with Crippen molar-refractivity contribution in [2.45, 2.75) is 59.4 Å². The van der Waals surface area contributed by atoms with Gasteiger partial charge >= 0.3 is 18.0 Å². The average molecular weight is 643 g/mol. The molecule has 0 radical (unpaired) electrons. The highest BCUT2D eigenvalue weighted by Crippen LogP contribution is 2.56. The number of alkyl halides is 7. The first-order chi connectivity index (χ1) is 20.5. The topological polar surface area (TPSA) is 78.2 Å². The summed E-state index contributed by atoms with van der Waals surface area (Å²) in [5.74, 6) is -1.41. The molecule has 1 amide bonds. The van der Waals surface area contributed by atoms with E-state index in [-0.39, 0.29) is 49.4 Å². The summed E-state index contributed by atoms with van der Waals surface area (Å²) in [5, 5.41) is 9.01. The molecule has 44 heavy (non-hydrogen) atoms. The number of likely N-dealkylation sites (tertiary alicyclic amines) is 1. The van der Waals surface area contributed by atoms with Gasteiger partial charge in [0, 0.05) is 12.1 Å². The molecule has 0 spiro atoms. The SMILES string of the molecule is N#Cc1ccc(CC(=O)N2CCC3(S(=O)(=O)c4cccc(F)c4)c4ccc(C(F)(C(F)(F)F)C(F)(F)F)cc4CCC23)cc1. The van der Waals surface area contributed by atoms with Crippen LogP contribution in [0.4, 0.5) is 35.1 Å². The number of nitriles is 1. The van der Waals surface area contributed by atoms with Crippen LogP contribution in [0.5, 0.6) is 0 Å². The van der Waals surface area contributed by atoms with E-state index in [1.165, 1.54) is 17.0 Å². The fourth-order valence-electron chi connectivity index (χ4n) is 6.35. The van der Waals surface area contributed by atoms with Gasteiger partial charge in [-0.15, -0.1) is 0 Å². The molecule has 232 valence electrons. The smallest absolute Gasteiger partial charge is 0.337 e. The summed E-state index contributed by atoms with van der Waals surface area (Å²) in [6.45, 7) is -0.145. The van der Waals surface area contributed by atoms with Crippen LogP contribution in [0.1, 0.15) is 40.7 Å². The van der Waals surface area contributed by atoms with Gasteiger partial charge < -0.3 is 4.90 Å². The Morgan fingerprint density at radius 1 is 0.955 bits per heavy atom. The molecule has 3 aromatic carbocycles. The Hall–Kier alpha value is -3.99. The van der Waals surface area contributed by atoms with Crippen LogP contribution in [0.25, 0.3) is 0 Å². The Labute approximate surface area is 246 Å². The highest BCUT2D eigenvalue weighted by molar-refractivity contribution is 7.92. The molecule has 0 aromatic heterocycles. The third kappa shape index (κ3) is 4.72. The van der Waals surface area contributed by atoms with Crippen molar-refractivity contribution >= 4 is 15.7 Å². The number of aryl methyl sites for hydroxylation is 1. The van der Waals surface area contributed by atoms with Gasteiger partial charge in [0.1, 0.15) is 10.6 Å². The molecule has 1 aliphatic heterocycles. The molecule has 1 heterocycles. The normalized spacial score (nSPS) is 20.5. The predicted molar refractivity (Wildman–Crippen MR) is 140 cm³/mol. The van der Waals surface area contributed by atoms with Crippen LogP contribution in [0.2, 0.25) is 0 Å². The molecule has 5 rings (SSSR count). The zero-order valence-corrected chi connectivity index (χ0v) is 23.3. The van der Waals surface area contributed by atoms with Crippen LogP contribution in [-0.2, 0) is 37.9 Å². The van der Waals surface area contributed by atoms with Crippen LogP contribution in [0.3, 0.4) is 0 Å². The summed E-state index contributed by atoms with van der Waals surface area (Å²) in [7, 11) is -4.66. The standard InChI is InChI=1S/C30H22F8N2O3S/c31-22-2-1-3-23(16-22)44(42,43)27-12-13-40(26(41)14-18-4-6-19(17-39)7-5-18)25(27)11-8-20-15-21(9-10-24(20)27)28(32,29(33,34)35)30(36,37)38/h1-7,9-10,15-16,25H,8,11-14H2. The minimum atomic E-state index is -6.37. The number of carbonyl (C=O) groups excluding carboxylic acids is 1. The van der Waals surface area contributed by atoms with Gasteiger partial charge in [-0.1, -0.05) is 36.4 Å². The maximum Gasteiger partial charge on any atom is 0.435 e. The van der Waals surface area contributed by atoms with Gasteiger partial charge in [-0.3, -0.25) is 4.79 Å². The van der Waals surface area contributed by atoms with Gasteiger partial charge in [0.25, 0.3) is 0 Å². The minimum absolute atomic E-state index is 0.145. The second-order valence-corrected chi connectivity index (χ2v) is 13.0. The Kier molecular flexibility index (Phi) is 7.55. The second-order valence-electron chi connectivity index (χ2n) is 10.8. The number of nitrogens with zero attached hydrogens (tertiary/aromatic N) is 2. The van der Waals surface area contributed by atoms with Crippen molar-refractivity contribution in [3.8, 4) is 6.07 Å². The van der Waals surface area contributed by atoms with E-state index in [1.807, 2.05) is 6.07 Å². The Balaban J connectivity index is 1.65. The molecule has 2 unspecified atom stereocenters. The molecule has 2 atom stereocenters. The van der Waals surface area contributed by atoms with Crippen molar-refractivity contribution in [1.82, 2.24) is 4.90 Å². The van der Waals surface area contributed by atoms with E-state index in [1.54, 1.807) is 12.1 Å². The molecule has 3 aromatic rings. The third-order valence-electron chi connectivity index (χ3n) is 8.41. The molecule has 5 nitrogen and oxygen atoms in total. The van der Waals surface area contributed by atoms with E-state index < -0.39 is 60.8 Å². The molecule has 14 heteroatoms. The Morgan fingerprint density at radius 2 is 1.61 bits per heavy atom. The summed E-state index contributed by atoms with van der Waals surface area (Å²) in [4.78, 5) is 14.3. The Bertz CT molecular complexity index is 1750. The van der Waals surface area contributed by atoms with Gasteiger partial charge in [0.2, 0.25) is 5.91 Å². The number of amides is 1. The van der Waals surface area contributed by atoms with Gasteiger partial charge in [0.15, 0.2) is 9.84 Å². The molecule has 1 saturated heterocycles. The molecule has 0 bridgehead atoms. The lowest BCUT2D eigenvalue weighted by Crippen LogP contribution is -2.53. The number of halogens is 8. The molecule has 0 N–H and O–H groups in total. The fraction of sp³-hybridized carbons (Fsp3) is 0.333. The van der Waals surface area contributed by atoms with E-state index >= 15 is 0 Å². The lowest BCUT2D eigenvalue weighted by atomic mass is 9.76. The first-order valence-electron chi connectivity index (χ1n) is 13.2. The van der Waals surface area contributed by atoms with Crippen LogP contribution < -0.4 is 0 Å². The monoisotopic (exact) mass is 642 g/mol. The Morgan fingerprint density at radius 3 is 2.20 bits per heavy atom.